The van der Waals surface area contributed by atoms with Gasteiger partial charge in [0, 0.05) is 5.39 Å². The third kappa shape index (κ3) is 2.91. The van der Waals surface area contributed by atoms with Gasteiger partial charge in [-0.25, -0.2) is 0 Å². The predicted octanol–water partition coefficient (Wildman–Crippen LogP) is 4.44. The maximum Gasteiger partial charge on any atom is 0.135 e. The molecule has 0 atom stereocenters. The van der Waals surface area contributed by atoms with Crippen LogP contribution in [0.2, 0.25) is 0 Å². The molecule has 0 bridgehead atoms. The molecule has 0 radical (unpaired) electrons. The molecule has 0 aliphatic heterocycles. The first-order valence-electron chi connectivity index (χ1n) is 7.23. The van der Waals surface area contributed by atoms with Gasteiger partial charge in [-0.3, -0.25) is 0 Å². The van der Waals surface area contributed by atoms with E-state index >= 15 is 0 Å². The Morgan fingerprint density at radius 1 is 0.905 bits per heavy atom. The molecule has 0 saturated carbocycles. The van der Waals surface area contributed by atoms with Crippen molar-refractivity contribution in [2.45, 2.75) is 13.3 Å². The Kier molecular flexibility index (Phi) is 3.89. The summed E-state index contributed by atoms with van der Waals surface area (Å²) in [6.07, 6.45) is 0.821. The molecule has 2 heteroatoms. The number of hydrogen-bond donors (Lipinski definition) is 1. The van der Waals surface area contributed by atoms with Gasteiger partial charge in [0.25, 0.3) is 0 Å². The van der Waals surface area contributed by atoms with Crippen LogP contribution in [0.5, 0.6) is 11.5 Å². The monoisotopic (exact) mass is 277 g/mol. The number of rotatable bonds is 4. The maximum atomic E-state index is 6.17. The van der Waals surface area contributed by atoms with Crippen LogP contribution in [0, 0.1) is 6.92 Å². The molecule has 0 amide bonds. The summed E-state index contributed by atoms with van der Waals surface area (Å²) in [6.45, 7) is 2.71. The van der Waals surface area contributed by atoms with Gasteiger partial charge in [0.1, 0.15) is 11.5 Å². The van der Waals surface area contributed by atoms with Crippen LogP contribution >= 0.6 is 0 Å². The lowest BCUT2D eigenvalue weighted by molar-refractivity contribution is 0.481. The zero-order chi connectivity index (χ0) is 14.7. The van der Waals surface area contributed by atoms with Crippen molar-refractivity contribution in [3.05, 3.63) is 71.8 Å². The van der Waals surface area contributed by atoms with Crippen molar-refractivity contribution in [3.8, 4) is 11.5 Å². The summed E-state index contributed by atoms with van der Waals surface area (Å²) in [5.41, 5.74) is 8.09. The molecule has 3 rings (SSSR count). The van der Waals surface area contributed by atoms with Crippen molar-refractivity contribution < 1.29 is 4.74 Å². The lowest BCUT2D eigenvalue weighted by atomic mass is 10.1. The van der Waals surface area contributed by atoms with Gasteiger partial charge in [-0.15, -0.1) is 0 Å². The van der Waals surface area contributed by atoms with Gasteiger partial charge >= 0.3 is 0 Å². The summed E-state index contributed by atoms with van der Waals surface area (Å²) in [7, 11) is 0. The zero-order valence-corrected chi connectivity index (χ0v) is 12.2. The maximum absolute atomic E-state index is 6.17. The molecular formula is C19H19NO. The van der Waals surface area contributed by atoms with Gasteiger partial charge in [0.05, 0.1) is 0 Å². The second kappa shape index (κ2) is 5.98. The average Bonchev–Trinajstić information content (AvgIpc) is 2.50. The molecule has 2 nitrogen and oxygen atoms in total. The molecular weight excluding hydrogens is 258 g/mol. The van der Waals surface area contributed by atoms with Crippen molar-refractivity contribution in [3.63, 3.8) is 0 Å². The number of nitrogens with two attached hydrogens (primary N) is 1. The fourth-order valence-electron chi connectivity index (χ4n) is 2.56. The molecule has 106 valence electrons. The first-order valence-corrected chi connectivity index (χ1v) is 7.23. The number of aryl methyl sites for hydroxylation is 1. The lowest BCUT2D eigenvalue weighted by Crippen LogP contribution is -2.04. The fourth-order valence-corrected chi connectivity index (χ4v) is 2.56. The van der Waals surface area contributed by atoms with Gasteiger partial charge < -0.3 is 10.5 Å². The van der Waals surface area contributed by atoms with Crippen LogP contribution in [0.4, 0.5) is 0 Å². The van der Waals surface area contributed by atoms with Gasteiger partial charge in [-0.05, 0) is 43.0 Å². The molecule has 0 spiro atoms. The third-order valence-electron chi connectivity index (χ3n) is 3.60. The standard InChI is InChI=1S/C19H19NO/c1-14-9-10-18(16(13-14)11-12-20)21-19-8-4-6-15-5-2-3-7-17(15)19/h2-10,13H,11-12,20H2,1H3. The van der Waals surface area contributed by atoms with Crippen LogP contribution in [0.1, 0.15) is 11.1 Å². The summed E-state index contributed by atoms with van der Waals surface area (Å²) in [5, 5.41) is 2.31. The SMILES string of the molecule is Cc1ccc(Oc2cccc3ccccc23)c(CCN)c1. The average molecular weight is 277 g/mol. The number of ether oxygens (including phenoxy) is 1. The van der Waals surface area contributed by atoms with E-state index in [4.69, 9.17) is 10.5 Å². The Morgan fingerprint density at radius 2 is 1.71 bits per heavy atom. The van der Waals surface area contributed by atoms with Crippen LogP contribution in [0.3, 0.4) is 0 Å². The molecule has 21 heavy (non-hydrogen) atoms. The molecule has 3 aromatic rings. The normalized spacial score (nSPS) is 10.8. The van der Waals surface area contributed by atoms with Gasteiger partial charge in [0.15, 0.2) is 0 Å². The minimum absolute atomic E-state index is 0.620. The first-order chi connectivity index (χ1) is 10.3. The van der Waals surface area contributed by atoms with Gasteiger partial charge in [-0.2, -0.15) is 0 Å². The van der Waals surface area contributed by atoms with Crippen LogP contribution in [0.15, 0.2) is 60.7 Å². The van der Waals surface area contributed by atoms with E-state index in [1.807, 2.05) is 30.3 Å². The smallest absolute Gasteiger partial charge is 0.135 e. The van der Waals surface area contributed by atoms with Crippen molar-refractivity contribution in [1.82, 2.24) is 0 Å². The minimum Gasteiger partial charge on any atom is -0.456 e. The molecule has 2 N–H and O–H groups in total. The molecule has 0 unspecified atom stereocenters. The highest BCUT2D eigenvalue weighted by molar-refractivity contribution is 5.88. The van der Waals surface area contributed by atoms with Crippen LogP contribution in [-0.4, -0.2) is 6.54 Å². The molecule has 0 aliphatic rings. The minimum atomic E-state index is 0.620. The molecule has 0 aromatic heterocycles. The highest BCUT2D eigenvalue weighted by Gasteiger charge is 2.07. The van der Waals surface area contributed by atoms with Crippen molar-refractivity contribution >= 4 is 10.8 Å². The highest BCUT2D eigenvalue weighted by atomic mass is 16.5. The van der Waals surface area contributed by atoms with E-state index < -0.39 is 0 Å². The Morgan fingerprint density at radius 3 is 2.57 bits per heavy atom. The van der Waals surface area contributed by atoms with Crippen LogP contribution in [-0.2, 0) is 6.42 Å². The summed E-state index contributed by atoms with van der Waals surface area (Å²) >= 11 is 0. The van der Waals surface area contributed by atoms with Crippen LogP contribution < -0.4 is 10.5 Å². The Labute approximate surface area is 125 Å². The second-order valence-corrected chi connectivity index (χ2v) is 5.23. The second-order valence-electron chi connectivity index (χ2n) is 5.23. The molecule has 0 fully saturated rings. The van der Waals surface area contributed by atoms with E-state index in [0.29, 0.717) is 6.54 Å². The Bertz CT molecular complexity index is 759. The molecule has 0 saturated heterocycles. The van der Waals surface area contributed by atoms with Crippen molar-refractivity contribution in [1.29, 1.82) is 0 Å². The Hall–Kier alpha value is -2.32. The fraction of sp³-hybridized carbons (Fsp3) is 0.158. The zero-order valence-electron chi connectivity index (χ0n) is 12.2. The van der Waals surface area contributed by atoms with E-state index in [0.717, 1.165) is 28.9 Å². The summed E-state index contributed by atoms with van der Waals surface area (Å²) in [6, 6.07) is 20.6. The highest BCUT2D eigenvalue weighted by Crippen LogP contribution is 2.32. The van der Waals surface area contributed by atoms with Gasteiger partial charge in [0.2, 0.25) is 0 Å². The number of benzene rings is 3. The summed E-state index contributed by atoms with van der Waals surface area (Å²) in [4.78, 5) is 0. The van der Waals surface area contributed by atoms with Crippen LogP contribution in [0.25, 0.3) is 10.8 Å². The summed E-state index contributed by atoms with van der Waals surface area (Å²) in [5.74, 6) is 1.78. The topological polar surface area (TPSA) is 35.2 Å². The van der Waals surface area contributed by atoms with E-state index in [1.54, 1.807) is 0 Å². The van der Waals surface area contributed by atoms with E-state index in [2.05, 4.69) is 37.3 Å². The molecule has 0 heterocycles. The quantitative estimate of drug-likeness (QED) is 0.765. The predicted molar refractivity (Wildman–Crippen MR) is 88.0 cm³/mol. The van der Waals surface area contributed by atoms with Crippen molar-refractivity contribution in [2.24, 2.45) is 5.73 Å². The van der Waals surface area contributed by atoms with E-state index in [-0.39, 0.29) is 0 Å². The van der Waals surface area contributed by atoms with Gasteiger partial charge in [-0.1, -0.05) is 54.1 Å². The molecule has 0 aliphatic carbocycles. The lowest BCUT2D eigenvalue weighted by Gasteiger charge is -2.13. The van der Waals surface area contributed by atoms with Crippen molar-refractivity contribution in [2.75, 3.05) is 6.54 Å². The Balaban J connectivity index is 2.02. The first kappa shape index (κ1) is 13.7. The largest absolute Gasteiger partial charge is 0.456 e. The van der Waals surface area contributed by atoms with E-state index in [9.17, 15) is 0 Å². The summed E-state index contributed by atoms with van der Waals surface area (Å²) < 4.78 is 6.17. The molecule has 3 aromatic carbocycles. The number of fused-ring (bicyclic) bond motifs is 1. The van der Waals surface area contributed by atoms with E-state index in [1.165, 1.54) is 10.9 Å². The number of hydrogen-bond acceptors (Lipinski definition) is 2. The third-order valence-corrected chi connectivity index (χ3v) is 3.60.